The molecule has 0 saturated heterocycles. The third-order valence-corrected chi connectivity index (χ3v) is 2.32. The Morgan fingerprint density at radius 1 is 1.23 bits per heavy atom. The van der Waals surface area contributed by atoms with Crippen LogP contribution in [0.5, 0.6) is 0 Å². The van der Waals surface area contributed by atoms with Crippen LogP contribution in [0.1, 0.15) is 5.56 Å². The maximum Gasteiger partial charge on any atom is 0.417 e. The van der Waals surface area contributed by atoms with Crippen LogP contribution in [0.4, 0.5) is 13.2 Å². The average Bonchev–Trinajstić information content (AvgIpc) is 2.04. The first-order chi connectivity index (χ1) is 6.05. The maximum atomic E-state index is 12.3. The van der Waals surface area contributed by atoms with Crippen molar-refractivity contribution in [3.63, 3.8) is 0 Å². The summed E-state index contributed by atoms with van der Waals surface area (Å²) < 4.78 is 37.0. The van der Waals surface area contributed by atoms with E-state index in [1.165, 1.54) is 12.1 Å². The summed E-state index contributed by atoms with van der Waals surface area (Å²) in [4.78, 5) is 0.241. The van der Waals surface area contributed by atoms with Crippen LogP contribution < -0.4 is 0 Å². The lowest BCUT2D eigenvalue weighted by atomic mass is 10.2. The Balaban J connectivity index is 3.05. The second kappa shape index (κ2) is 4.05. The quantitative estimate of drug-likeness (QED) is 0.664. The van der Waals surface area contributed by atoms with E-state index in [0.717, 1.165) is 17.8 Å². The molecule has 1 aromatic rings. The Morgan fingerprint density at radius 2 is 1.85 bits per heavy atom. The van der Waals surface area contributed by atoms with Crippen molar-refractivity contribution in [3.05, 3.63) is 36.8 Å². The van der Waals surface area contributed by atoms with Gasteiger partial charge in [-0.25, -0.2) is 0 Å². The van der Waals surface area contributed by atoms with Crippen molar-refractivity contribution >= 4 is 11.8 Å². The van der Waals surface area contributed by atoms with Crippen LogP contribution in [0.25, 0.3) is 0 Å². The number of halogens is 3. The van der Waals surface area contributed by atoms with Crippen molar-refractivity contribution in [2.45, 2.75) is 11.1 Å². The zero-order chi connectivity index (χ0) is 9.90. The number of hydrogen-bond acceptors (Lipinski definition) is 1. The monoisotopic (exact) mass is 205 g/mol. The standard InChI is InChI=1S/C9H8F3S/c1-2-13-8-6-4-3-5-7(8)9(10,11)12/h3-6H,1-2H2. The van der Waals surface area contributed by atoms with Gasteiger partial charge < -0.3 is 0 Å². The highest BCUT2D eigenvalue weighted by atomic mass is 32.2. The van der Waals surface area contributed by atoms with Gasteiger partial charge in [-0.2, -0.15) is 13.2 Å². The number of rotatable bonds is 2. The van der Waals surface area contributed by atoms with Gasteiger partial charge in [0, 0.05) is 4.90 Å². The molecule has 0 unspecified atom stereocenters. The fraction of sp³-hybridized carbons (Fsp3) is 0.222. The second-order valence-corrected chi connectivity index (χ2v) is 3.48. The molecule has 13 heavy (non-hydrogen) atoms. The highest BCUT2D eigenvalue weighted by Gasteiger charge is 2.32. The first-order valence-electron chi connectivity index (χ1n) is 3.64. The largest absolute Gasteiger partial charge is 0.417 e. The molecule has 1 rings (SSSR count). The molecule has 0 N–H and O–H groups in total. The van der Waals surface area contributed by atoms with Gasteiger partial charge in [0.05, 0.1) is 5.56 Å². The van der Waals surface area contributed by atoms with Crippen molar-refractivity contribution in [2.24, 2.45) is 0 Å². The lowest BCUT2D eigenvalue weighted by Gasteiger charge is -2.10. The normalized spacial score (nSPS) is 11.7. The van der Waals surface area contributed by atoms with E-state index in [4.69, 9.17) is 0 Å². The molecule has 0 aliphatic carbocycles. The van der Waals surface area contributed by atoms with Crippen LogP contribution in [-0.2, 0) is 6.18 Å². The molecule has 0 atom stereocenters. The Hall–Kier alpha value is -0.640. The third kappa shape index (κ3) is 2.66. The van der Waals surface area contributed by atoms with E-state index in [1.807, 2.05) is 0 Å². The first kappa shape index (κ1) is 10.4. The number of hydrogen-bond donors (Lipinski definition) is 0. The minimum Gasteiger partial charge on any atom is -0.166 e. The summed E-state index contributed by atoms with van der Waals surface area (Å²) in [5.74, 6) is 0.396. The summed E-state index contributed by atoms with van der Waals surface area (Å²) in [6, 6.07) is 5.51. The number of benzene rings is 1. The average molecular weight is 205 g/mol. The van der Waals surface area contributed by atoms with Crippen LogP contribution in [0.2, 0.25) is 0 Å². The second-order valence-electron chi connectivity index (χ2n) is 2.34. The molecule has 0 bridgehead atoms. The predicted molar refractivity (Wildman–Crippen MR) is 47.5 cm³/mol. The maximum absolute atomic E-state index is 12.3. The van der Waals surface area contributed by atoms with E-state index in [0.29, 0.717) is 5.75 Å². The molecule has 0 fully saturated rings. The van der Waals surface area contributed by atoms with Crippen molar-refractivity contribution in [1.82, 2.24) is 0 Å². The van der Waals surface area contributed by atoms with Crippen LogP contribution in [0, 0.1) is 6.92 Å². The van der Waals surface area contributed by atoms with E-state index in [2.05, 4.69) is 6.92 Å². The van der Waals surface area contributed by atoms with Crippen LogP contribution in [0.15, 0.2) is 29.2 Å². The summed E-state index contributed by atoms with van der Waals surface area (Å²) in [6.45, 7) is 3.50. The van der Waals surface area contributed by atoms with E-state index in [-0.39, 0.29) is 4.90 Å². The molecular weight excluding hydrogens is 197 g/mol. The van der Waals surface area contributed by atoms with Gasteiger partial charge >= 0.3 is 6.18 Å². The van der Waals surface area contributed by atoms with Gasteiger partial charge in [-0.3, -0.25) is 0 Å². The fourth-order valence-corrected chi connectivity index (χ4v) is 1.67. The van der Waals surface area contributed by atoms with Crippen molar-refractivity contribution in [1.29, 1.82) is 0 Å². The summed E-state index contributed by atoms with van der Waals surface area (Å²) in [7, 11) is 0. The van der Waals surface area contributed by atoms with Crippen molar-refractivity contribution in [3.8, 4) is 0 Å². The van der Waals surface area contributed by atoms with E-state index < -0.39 is 11.7 Å². The van der Waals surface area contributed by atoms with Crippen molar-refractivity contribution < 1.29 is 13.2 Å². The van der Waals surface area contributed by atoms with E-state index in [1.54, 1.807) is 6.07 Å². The van der Waals surface area contributed by atoms with Crippen LogP contribution >= 0.6 is 11.8 Å². The molecule has 0 aliphatic heterocycles. The first-order valence-corrected chi connectivity index (χ1v) is 4.62. The molecule has 0 amide bonds. The predicted octanol–water partition coefficient (Wildman–Crippen LogP) is 3.63. The van der Waals surface area contributed by atoms with Crippen LogP contribution in [-0.4, -0.2) is 5.75 Å². The topological polar surface area (TPSA) is 0 Å². The molecule has 71 valence electrons. The summed E-state index contributed by atoms with van der Waals surface area (Å²) in [6.07, 6.45) is -4.27. The summed E-state index contributed by atoms with van der Waals surface area (Å²) in [5, 5.41) is 0. The van der Waals surface area contributed by atoms with Crippen molar-refractivity contribution in [2.75, 3.05) is 5.75 Å². The summed E-state index contributed by atoms with van der Waals surface area (Å²) in [5.41, 5.74) is -0.580. The smallest absolute Gasteiger partial charge is 0.166 e. The minimum atomic E-state index is -4.27. The molecule has 1 aromatic carbocycles. The molecule has 0 heterocycles. The third-order valence-electron chi connectivity index (χ3n) is 1.45. The highest BCUT2D eigenvalue weighted by molar-refractivity contribution is 7.99. The van der Waals surface area contributed by atoms with Gasteiger partial charge in [0.1, 0.15) is 0 Å². The zero-order valence-corrected chi connectivity index (χ0v) is 7.58. The lowest BCUT2D eigenvalue weighted by molar-refractivity contribution is -0.139. The molecular formula is C9H8F3S. The van der Waals surface area contributed by atoms with Gasteiger partial charge in [0.15, 0.2) is 0 Å². The summed E-state index contributed by atoms with van der Waals surface area (Å²) >= 11 is 1.10. The molecule has 0 aromatic heterocycles. The van der Waals surface area contributed by atoms with Crippen LogP contribution in [0.3, 0.4) is 0 Å². The molecule has 0 aliphatic rings. The highest BCUT2D eigenvalue weighted by Crippen LogP contribution is 2.36. The minimum absolute atomic E-state index is 0.241. The Labute approximate surface area is 79.1 Å². The van der Waals surface area contributed by atoms with E-state index in [9.17, 15) is 13.2 Å². The van der Waals surface area contributed by atoms with Gasteiger partial charge in [-0.15, -0.1) is 11.8 Å². The Morgan fingerprint density at radius 3 is 2.38 bits per heavy atom. The molecule has 4 heteroatoms. The fourth-order valence-electron chi connectivity index (χ4n) is 0.937. The zero-order valence-electron chi connectivity index (χ0n) is 6.77. The van der Waals surface area contributed by atoms with Gasteiger partial charge in [-0.1, -0.05) is 12.1 Å². The van der Waals surface area contributed by atoms with Gasteiger partial charge in [0.25, 0.3) is 0 Å². The molecule has 0 saturated carbocycles. The Kier molecular flexibility index (Phi) is 3.25. The lowest BCUT2D eigenvalue weighted by Crippen LogP contribution is -2.06. The Bertz CT molecular complexity index is 280. The number of thioether (sulfide) groups is 1. The van der Waals surface area contributed by atoms with Gasteiger partial charge in [-0.05, 0) is 24.8 Å². The molecule has 0 spiro atoms. The van der Waals surface area contributed by atoms with Gasteiger partial charge in [0.2, 0.25) is 0 Å². The van der Waals surface area contributed by atoms with E-state index >= 15 is 0 Å². The number of alkyl halides is 3. The molecule has 0 nitrogen and oxygen atoms in total. The SMILES string of the molecule is [CH2]CSc1ccccc1C(F)(F)F. The molecule has 1 radical (unpaired) electrons.